The first-order chi connectivity index (χ1) is 14.7. The topological polar surface area (TPSA) is 38.7 Å². The molecule has 0 unspecified atom stereocenters. The van der Waals surface area contributed by atoms with E-state index in [4.69, 9.17) is 9.16 Å². The third kappa shape index (κ3) is 6.63. The lowest BCUT2D eigenvalue weighted by Gasteiger charge is -2.43. The van der Waals surface area contributed by atoms with Crippen molar-refractivity contribution < 1.29 is 14.3 Å². The van der Waals surface area contributed by atoms with E-state index in [0.29, 0.717) is 25.4 Å². The second kappa shape index (κ2) is 11.8. The number of hydrogen-bond donors (Lipinski definition) is 1. The number of rotatable bonds is 12. The van der Waals surface area contributed by atoms with Crippen LogP contribution in [0.3, 0.4) is 0 Å². The molecule has 3 nitrogen and oxygen atoms in total. The number of ether oxygens (including phenoxy) is 1. The minimum atomic E-state index is -2.52. The third-order valence-corrected chi connectivity index (χ3v) is 11.0. The van der Waals surface area contributed by atoms with Crippen molar-refractivity contribution in [1.29, 1.82) is 0 Å². The summed E-state index contributed by atoms with van der Waals surface area (Å²) in [5.41, 5.74) is 0. The molecule has 2 aromatic rings. The number of aliphatic hydroxyl groups is 1. The third-order valence-electron chi connectivity index (χ3n) is 5.97. The van der Waals surface area contributed by atoms with E-state index in [-0.39, 0.29) is 11.1 Å². The summed E-state index contributed by atoms with van der Waals surface area (Å²) in [6.07, 6.45) is 3.41. The zero-order valence-electron chi connectivity index (χ0n) is 19.9. The van der Waals surface area contributed by atoms with Gasteiger partial charge in [0.25, 0.3) is 8.32 Å². The summed E-state index contributed by atoms with van der Waals surface area (Å²) in [5, 5.41) is 12.7. The standard InChI is InChI=1S/C27H40O3Si/c1-7-14-23(28)20-24(29-6)19-22(2)21-30-31(27(3,4)5,25-15-10-8-11-16-25)26-17-12-9-13-18-26/h7-13,15-18,22-24,28H,1,14,19-21H2,2-6H3/t22-,23-,24-/m0/s1. The Bertz CT molecular complexity index is 731. The van der Waals surface area contributed by atoms with Crippen LogP contribution in [0.2, 0.25) is 5.04 Å². The normalized spacial score (nSPS) is 15.3. The molecule has 0 aliphatic heterocycles. The van der Waals surface area contributed by atoms with Gasteiger partial charge < -0.3 is 14.3 Å². The van der Waals surface area contributed by atoms with Crippen molar-refractivity contribution in [3.05, 3.63) is 73.3 Å². The molecule has 0 bridgehead atoms. The largest absolute Gasteiger partial charge is 0.407 e. The summed E-state index contributed by atoms with van der Waals surface area (Å²) in [7, 11) is -0.798. The predicted molar refractivity (Wildman–Crippen MR) is 134 cm³/mol. The highest BCUT2D eigenvalue weighted by Crippen LogP contribution is 2.37. The summed E-state index contributed by atoms with van der Waals surface area (Å²) in [6.45, 7) is 13.5. The molecule has 1 N–H and O–H groups in total. The van der Waals surface area contributed by atoms with Gasteiger partial charge in [0.05, 0.1) is 12.2 Å². The van der Waals surface area contributed by atoms with Crippen LogP contribution < -0.4 is 10.4 Å². The van der Waals surface area contributed by atoms with Crippen LogP contribution in [0.5, 0.6) is 0 Å². The van der Waals surface area contributed by atoms with Crippen molar-refractivity contribution in [1.82, 2.24) is 0 Å². The Labute approximate surface area is 190 Å². The zero-order valence-corrected chi connectivity index (χ0v) is 20.9. The van der Waals surface area contributed by atoms with Gasteiger partial charge in [0.15, 0.2) is 0 Å². The summed E-state index contributed by atoms with van der Waals surface area (Å²) in [4.78, 5) is 0. The molecule has 0 amide bonds. The van der Waals surface area contributed by atoms with Crippen molar-refractivity contribution >= 4 is 18.7 Å². The number of aliphatic hydroxyl groups excluding tert-OH is 1. The van der Waals surface area contributed by atoms with Crippen LogP contribution in [-0.2, 0) is 9.16 Å². The van der Waals surface area contributed by atoms with Crippen LogP contribution in [-0.4, -0.2) is 39.3 Å². The van der Waals surface area contributed by atoms with Crippen molar-refractivity contribution in [2.24, 2.45) is 5.92 Å². The fourth-order valence-corrected chi connectivity index (χ4v) is 9.12. The Morgan fingerprint density at radius 1 is 0.968 bits per heavy atom. The first kappa shape index (κ1) is 25.5. The number of benzene rings is 2. The van der Waals surface area contributed by atoms with Crippen LogP contribution in [0.15, 0.2) is 73.3 Å². The van der Waals surface area contributed by atoms with Crippen molar-refractivity contribution in [3.63, 3.8) is 0 Å². The van der Waals surface area contributed by atoms with Gasteiger partial charge in [-0.2, -0.15) is 0 Å². The maximum Gasteiger partial charge on any atom is 0.261 e. The van der Waals surface area contributed by atoms with E-state index >= 15 is 0 Å². The minimum Gasteiger partial charge on any atom is -0.407 e. The zero-order chi connectivity index (χ0) is 22.9. The molecule has 31 heavy (non-hydrogen) atoms. The van der Waals surface area contributed by atoms with Crippen LogP contribution in [0.25, 0.3) is 0 Å². The second-order valence-corrected chi connectivity index (χ2v) is 13.9. The van der Waals surface area contributed by atoms with E-state index in [9.17, 15) is 5.11 Å². The van der Waals surface area contributed by atoms with Crippen molar-refractivity contribution in [2.75, 3.05) is 13.7 Å². The van der Waals surface area contributed by atoms with E-state index in [1.165, 1.54) is 10.4 Å². The summed E-state index contributed by atoms with van der Waals surface area (Å²) in [6, 6.07) is 21.5. The van der Waals surface area contributed by atoms with E-state index in [2.05, 4.69) is 94.9 Å². The average molecular weight is 441 g/mol. The van der Waals surface area contributed by atoms with Crippen LogP contribution >= 0.6 is 0 Å². The SMILES string of the molecule is C=CC[C@H](O)C[C@H](C[C@H](C)CO[Si](c1ccccc1)(c1ccccc1)C(C)(C)C)OC. The lowest BCUT2D eigenvalue weighted by Crippen LogP contribution is -2.66. The van der Waals surface area contributed by atoms with Gasteiger partial charge in [0, 0.05) is 13.7 Å². The van der Waals surface area contributed by atoms with Crippen LogP contribution in [0.4, 0.5) is 0 Å². The fourth-order valence-electron chi connectivity index (χ4n) is 4.43. The molecule has 0 saturated heterocycles. The molecule has 0 saturated carbocycles. The van der Waals surface area contributed by atoms with Gasteiger partial charge in [-0.3, -0.25) is 0 Å². The molecule has 2 aromatic carbocycles. The quantitative estimate of drug-likeness (QED) is 0.376. The van der Waals surface area contributed by atoms with Gasteiger partial charge in [-0.05, 0) is 40.6 Å². The molecule has 4 heteroatoms. The monoisotopic (exact) mass is 440 g/mol. The highest BCUT2D eigenvalue weighted by Gasteiger charge is 2.50. The van der Waals surface area contributed by atoms with Gasteiger partial charge in [-0.25, -0.2) is 0 Å². The first-order valence-electron chi connectivity index (χ1n) is 11.3. The maximum atomic E-state index is 10.2. The summed E-state index contributed by atoms with van der Waals surface area (Å²) >= 11 is 0. The van der Waals surface area contributed by atoms with Crippen LogP contribution in [0, 0.1) is 5.92 Å². The second-order valence-electron chi connectivity index (χ2n) is 9.59. The number of methoxy groups -OCH3 is 1. The molecular formula is C27H40O3Si. The molecule has 0 spiro atoms. The van der Waals surface area contributed by atoms with E-state index < -0.39 is 14.4 Å². The van der Waals surface area contributed by atoms with Crippen LogP contribution in [0.1, 0.15) is 47.0 Å². The van der Waals surface area contributed by atoms with Gasteiger partial charge in [0.1, 0.15) is 0 Å². The Morgan fingerprint density at radius 3 is 1.90 bits per heavy atom. The Morgan fingerprint density at radius 2 is 1.48 bits per heavy atom. The van der Waals surface area contributed by atoms with Gasteiger partial charge in [-0.15, -0.1) is 6.58 Å². The van der Waals surface area contributed by atoms with Gasteiger partial charge in [-0.1, -0.05) is 94.4 Å². The Hall–Kier alpha value is -1.72. The highest BCUT2D eigenvalue weighted by atomic mass is 28.4. The molecule has 0 aliphatic rings. The van der Waals surface area contributed by atoms with Crippen molar-refractivity contribution in [3.8, 4) is 0 Å². The first-order valence-corrected chi connectivity index (χ1v) is 13.2. The summed E-state index contributed by atoms with van der Waals surface area (Å²) < 4.78 is 12.7. The van der Waals surface area contributed by atoms with E-state index in [1.54, 1.807) is 13.2 Å². The number of hydrogen-bond acceptors (Lipinski definition) is 3. The van der Waals surface area contributed by atoms with Crippen molar-refractivity contribution in [2.45, 2.75) is 64.2 Å². The Balaban J connectivity index is 2.27. The molecule has 170 valence electrons. The average Bonchev–Trinajstić information content (AvgIpc) is 2.74. The maximum absolute atomic E-state index is 10.2. The lowest BCUT2D eigenvalue weighted by molar-refractivity contribution is 0.0278. The lowest BCUT2D eigenvalue weighted by atomic mass is 9.99. The molecular weight excluding hydrogens is 400 g/mol. The molecule has 2 rings (SSSR count). The fraction of sp³-hybridized carbons (Fsp3) is 0.481. The van der Waals surface area contributed by atoms with E-state index in [0.717, 1.165) is 6.42 Å². The molecule has 0 fully saturated rings. The van der Waals surface area contributed by atoms with Gasteiger partial charge in [0.2, 0.25) is 0 Å². The smallest absolute Gasteiger partial charge is 0.261 e. The molecule has 3 atom stereocenters. The Kier molecular flexibility index (Phi) is 9.70. The molecule has 0 aromatic heterocycles. The molecule has 0 aliphatic carbocycles. The molecule has 0 heterocycles. The summed E-state index contributed by atoms with van der Waals surface area (Å²) in [5.74, 6) is 0.308. The highest BCUT2D eigenvalue weighted by molar-refractivity contribution is 6.99. The minimum absolute atomic E-state index is 0.00713. The van der Waals surface area contributed by atoms with E-state index in [1.807, 2.05) is 0 Å². The predicted octanol–water partition coefficient (Wildman–Crippen LogP) is 4.93. The van der Waals surface area contributed by atoms with Gasteiger partial charge >= 0.3 is 0 Å². The molecule has 0 radical (unpaired) electrons.